The first-order valence-corrected chi connectivity index (χ1v) is 7.77. The molecule has 0 atom stereocenters. The van der Waals surface area contributed by atoms with Crippen LogP contribution in [-0.2, 0) is 6.54 Å². The minimum Gasteiger partial charge on any atom is -0.467 e. The molecule has 3 heterocycles. The van der Waals surface area contributed by atoms with Crippen molar-refractivity contribution in [1.82, 2.24) is 4.98 Å². The highest BCUT2D eigenvalue weighted by molar-refractivity contribution is 6.66. The normalized spacial score (nSPS) is 11.5. The molecule has 1 aliphatic heterocycles. The summed E-state index contributed by atoms with van der Waals surface area (Å²) in [6, 6.07) is 7.61. The van der Waals surface area contributed by atoms with Gasteiger partial charge in [0.25, 0.3) is 0 Å². The largest absolute Gasteiger partial charge is 0.467 e. The number of hydrogen-bond acceptors (Lipinski definition) is 5. The molecule has 1 radical (unpaired) electrons. The molecule has 2 aromatic heterocycles. The standard InChI is InChI=1S/C15H14BN4O.C2H6/c17-4-3-10-6-14-15(16-10)13(7-11(8-18)20-14)19-9-12-2-1-5-21-12;1-2/h1-2,5-7H,3-4,9,17H2,(H,19,20);1-2H3. The van der Waals surface area contributed by atoms with Crippen LogP contribution in [0.3, 0.4) is 0 Å². The second kappa shape index (κ2) is 8.21. The Hall–Kier alpha value is -2.52. The van der Waals surface area contributed by atoms with Gasteiger partial charge in [-0.05, 0) is 42.7 Å². The zero-order valence-corrected chi connectivity index (χ0v) is 13.5. The summed E-state index contributed by atoms with van der Waals surface area (Å²) in [4.78, 5) is 4.34. The third-order valence-electron chi connectivity index (χ3n) is 3.32. The number of anilines is 1. The molecule has 1 aliphatic rings. The lowest BCUT2D eigenvalue weighted by atomic mass is 9.65. The van der Waals surface area contributed by atoms with Crippen LogP contribution in [0.4, 0.5) is 5.69 Å². The fourth-order valence-electron chi connectivity index (χ4n) is 2.35. The van der Waals surface area contributed by atoms with Crippen LogP contribution < -0.4 is 16.5 Å². The van der Waals surface area contributed by atoms with E-state index in [0.29, 0.717) is 18.8 Å². The summed E-state index contributed by atoms with van der Waals surface area (Å²) in [5.74, 6) is 0.840. The number of nitrogens with one attached hydrogen (secondary N) is 1. The number of furan rings is 1. The van der Waals surface area contributed by atoms with E-state index >= 15 is 0 Å². The molecule has 0 saturated carbocycles. The summed E-state index contributed by atoms with van der Waals surface area (Å²) in [6.07, 6.45) is 4.43. The topological polar surface area (TPSA) is 87.9 Å². The van der Waals surface area contributed by atoms with Gasteiger partial charge in [-0.25, -0.2) is 4.98 Å². The zero-order valence-electron chi connectivity index (χ0n) is 13.5. The van der Waals surface area contributed by atoms with Gasteiger partial charge in [0.15, 0.2) is 7.28 Å². The van der Waals surface area contributed by atoms with Crippen molar-refractivity contribution in [2.75, 3.05) is 11.9 Å². The molecule has 0 saturated heterocycles. The van der Waals surface area contributed by atoms with Crippen molar-refractivity contribution in [3.8, 4) is 6.07 Å². The summed E-state index contributed by atoms with van der Waals surface area (Å²) >= 11 is 0. The molecule has 0 spiro atoms. The molecule has 23 heavy (non-hydrogen) atoms. The van der Waals surface area contributed by atoms with Gasteiger partial charge in [0.2, 0.25) is 0 Å². The van der Waals surface area contributed by atoms with Crippen LogP contribution in [0.1, 0.15) is 37.4 Å². The molecule has 0 aliphatic carbocycles. The Morgan fingerprint density at radius 3 is 2.91 bits per heavy atom. The number of aromatic nitrogens is 1. The van der Waals surface area contributed by atoms with E-state index in [1.165, 1.54) is 0 Å². The maximum atomic E-state index is 9.11. The van der Waals surface area contributed by atoms with Gasteiger partial charge < -0.3 is 15.5 Å². The number of rotatable bonds is 5. The van der Waals surface area contributed by atoms with Gasteiger partial charge in [-0.1, -0.05) is 19.3 Å². The highest BCUT2D eigenvalue weighted by Crippen LogP contribution is 2.19. The summed E-state index contributed by atoms with van der Waals surface area (Å²) in [7, 11) is 2.07. The summed E-state index contributed by atoms with van der Waals surface area (Å²) in [6.45, 7) is 5.16. The predicted molar refractivity (Wildman–Crippen MR) is 93.4 cm³/mol. The number of pyridine rings is 1. The van der Waals surface area contributed by atoms with Crippen molar-refractivity contribution in [2.45, 2.75) is 26.8 Å². The quantitative estimate of drug-likeness (QED) is 0.827. The van der Waals surface area contributed by atoms with Crippen LogP contribution in [0, 0.1) is 11.3 Å². The van der Waals surface area contributed by atoms with Crippen molar-refractivity contribution in [1.29, 1.82) is 5.26 Å². The third-order valence-corrected chi connectivity index (χ3v) is 3.32. The van der Waals surface area contributed by atoms with Gasteiger partial charge in [0.1, 0.15) is 17.5 Å². The third kappa shape index (κ3) is 4.02. The molecule has 3 rings (SSSR count). The molecule has 0 aromatic carbocycles. The lowest BCUT2D eigenvalue weighted by Gasteiger charge is -2.10. The van der Waals surface area contributed by atoms with Crippen molar-refractivity contribution in [3.63, 3.8) is 0 Å². The van der Waals surface area contributed by atoms with E-state index in [0.717, 1.165) is 34.5 Å². The van der Waals surface area contributed by atoms with Crippen LogP contribution in [0.25, 0.3) is 6.08 Å². The first-order chi connectivity index (χ1) is 11.3. The van der Waals surface area contributed by atoms with Gasteiger partial charge in [-0.3, -0.25) is 0 Å². The Bertz CT molecular complexity index is 717. The van der Waals surface area contributed by atoms with Crippen molar-refractivity contribution >= 4 is 24.5 Å². The molecule has 0 bridgehead atoms. The first kappa shape index (κ1) is 16.8. The van der Waals surface area contributed by atoms with Gasteiger partial charge in [0.05, 0.1) is 18.5 Å². The molecule has 2 aromatic rings. The number of nitrogens with zero attached hydrogens (tertiary/aromatic N) is 2. The second-order valence-corrected chi connectivity index (χ2v) is 4.80. The Morgan fingerprint density at radius 1 is 1.43 bits per heavy atom. The Labute approximate surface area is 137 Å². The van der Waals surface area contributed by atoms with Gasteiger partial charge >= 0.3 is 0 Å². The van der Waals surface area contributed by atoms with Gasteiger partial charge in [-0.15, -0.1) is 0 Å². The molecule has 0 unspecified atom stereocenters. The molecule has 117 valence electrons. The number of hydrogen-bond donors (Lipinski definition) is 2. The van der Waals surface area contributed by atoms with E-state index in [1.807, 2.05) is 32.1 Å². The minimum absolute atomic E-state index is 0.398. The number of nitrogens with two attached hydrogens (primary N) is 1. The molecule has 5 nitrogen and oxygen atoms in total. The van der Waals surface area contributed by atoms with E-state index < -0.39 is 0 Å². The fraction of sp³-hybridized carbons (Fsp3) is 0.294. The summed E-state index contributed by atoms with van der Waals surface area (Å²) in [5.41, 5.74) is 9.84. The lowest BCUT2D eigenvalue weighted by Crippen LogP contribution is -2.22. The van der Waals surface area contributed by atoms with E-state index in [2.05, 4.69) is 23.6 Å². The molecule has 6 heteroatoms. The Balaban J connectivity index is 0.000000924. The molecular formula is C17H20BN4O. The van der Waals surface area contributed by atoms with Gasteiger partial charge in [-0.2, -0.15) is 5.26 Å². The maximum Gasteiger partial charge on any atom is 0.191 e. The van der Waals surface area contributed by atoms with E-state index in [9.17, 15) is 0 Å². The summed E-state index contributed by atoms with van der Waals surface area (Å²) < 4.78 is 5.31. The first-order valence-electron chi connectivity index (χ1n) is 7.77. The maximum absolute atomic E-state index is 9.11. The number of fused-ring (bicyclic) bond motifs is 1. The van der Waals surface area contributed by atoms with E-state index in [-0.39, 0.29) is 0 Å². The van der Waals surface area contributed by atoms with E-state index in [1.54, 1.807) is 12.3 Å². The summed E-state index contributed by atoms with van der Waals surface area (Å²) in [5, 5.41) is 12.4. The van der Waals surface area contributed by atoms with Crippen LogP contribution in [0.15, 0.2) is 34.4 Å². The van der Waals surface area contributed by atoms with Crippen LogP contribution in [0.2, 0.25) is 0 Å². The Morgan fingerprint density at radius 2 is 2.26 bits per heavy atom. The molecular weight excluding hydrogens is 287 g/mol. The van der Waals surface area contributed by atoms with Crippen LogP contribution in [0.5, 0.6) is 0 Å². The fourth-order valence-corrected chi connectivity index (χ4v) is 2.35. The average Bonchev–Trinajstić information content (AvgIpc) is 3.23. The van der Waals surface area contributed by atoms with E-state index in [4.69, 9.17) is 15.4 Å². The van der Waals surface area contributed by atoms with Crippen molar-refractivity contribution in [3.05, 3.63) is 47.1 Å². The molecule has 0 fully saturated rings. The Kier molecular flexibility index (Phi) is 6.01. The van der Waals surface area contributed by atoms with Crippen molar-refractivity contribution in [2.24, 2.45) is 5.73 Å². The average molecular weight is 307 g/mol. The number of nitriles is 1. The second-order valence-electron chi connectivity index (χ2n) is 4.80. The van der Waals surface area contributed by atoms with Crippen molar-refractivity contribution < 1.29 is 4.42 Å². The van der Waals surface area contributed by atoms with Crippen LogP contribution >= 0.6 is 0 Å². The predicted octanol–water partition coefficient (Wildman–Crippen LogP) is 2.22. The molecule has 0 amide bonds. The highest BCUT2D eigenvalue weighted by atomic mass is 16.3. The monoisotopic (exact) mass is 307 g/mol. The molecule has 3 N–H and O–H groups in total. The lowest BCUT2D eigenvalue weighted by molar-refractivity contribution is 0.518. The zero-order chi connectivity index (χ0) is 16.7. The van der Waals surface area contributed by atoms with Gasteiger partial charge in [0, 0.05) is 5.69 Å². The highest BCUT2D eigenvalue weighted by Gasteiger charge is 2.20. The smallest absolute Gasteiger partial charge is 0.191 e. The van der Waals surface area contributed by atoms with Crippen LogP contribution in [-0.4, -0.2) is 18.8 Å². The minimum atomic E-state index is 0.398. The SMILES string of the molecule is CC.N#Cc1cc(NCc2ccco2)c2c(n1)C=C(CCN)[B]2.